The number of hydrogen-bond donors (Lipinski definition) is 3. The van der Waals surface area contributed by atoms with E-state index in [0.29, 0.717) is 23.1 Å². The van der Waals surface area contributed by atoms with Crippen molar-refractivity contribution in [3.8, 4) is 23.0 Å². The number of carbonyl (C=O) groups excluding carboxylic acids is 1. The molecular formula is C21H18O5. The average molecular weight is 350 g/mol. The van der Waals surface area contributed by atoms with Gasteiger partial charge in [0, 0.05) is 28.7 Å². The van der Waals surface area contributed by atoms with E-state index >= 15 is 0 Å². The first kappa shape index (κ1) is 16.3. The van der Waals surface area contributed by atoms with Crippen molar-refractivity contribution in [1.29, 1.82) is 0 Å². The number of rotatable bonds is 2. The van der Waals surface area contributed by atoms with Gasteiger partial charge in [-0.1, -0.05) is 18.2 Å². The van der Waals surface area contributed by atoms with E-state index in [1.54, 1.807) is 31.4 Å². The number of phenolic OH excluding ortho intramolecular Hbond substituents is 3. The van der Waals surface area contributed by atoms with Crippen LogP contribution in [0.5, 0.6) is 23.0 Å². The van der Waals surface area contributed by atoms with Crippen LogP contribution >= 0.6 is 0 Å². The summed E-state index contributed by atoms with van der Waals surface area (Å²) in [5, 5.41) is 32.2. The highest BCUT2D eigenvalue weighted by molar-refractivity contribution is 6.03. The average Bonchev–Trinajstić information content (AvgIpc) is 2.65. The summed E-state index contributed by atoms with van der Waals surface area (Å²) in [4.78, 5) is 12.3. The number of ketones is 1. The first-order chi connectivity index (χ1) is 12.5. The second kappa shape index (κ2) is 5.95. The van der Waals surface area contributed by atoms with Gasteiger partial charge in [0.05, 0.1) is 12.7 Å². The number of Topliss-reactive ketones (excluding diaryl/α,β-unsaturated/α-hetero) is 1. The van der Waals surface area contributed by atoms with Crippen LogP contribution in [0.25, 0.3) is 10.8 Å². The van der Waals surface area contributed by atoms with Crippen LogP contribution in [0, 0.1) is 0 Å². The van der Waals surface area contributed by atoms with Crippen LogP contribution in [0.1, 0.15) is 40.2 Å². The summed E-state index contributed by atoms with van der Waals surface area (Å²) in [5.41, 5.74) is 1.45. The van der Waals surface area contributed by atoms with Crippen LogP contribution in [0.4, 0.5) is 0 Å². The fourth-order valence-electron chi connectivity index (χ4n) is 3.94. The Morgan fingerprint density at radius 1 is 0.962 bits per heavy atom. The Morgan fingerprint density at radius 2 is 1.69 bits per heavy atom. The van der Waals surface area contributed by atoms with Crippen LogP contribution < -0.4 is 4.74 Å². The highest BCUT2D eigenvalue weighted by Gasteiger charge is 2.33. The first-order valence-electron chi connectivity index (χ1n) is 8.39. The van der Waals surface area contributed by atoms with Crippen molar-refractivity contribution in [1.82, 2.24) is 0 Å². The molecule has 0 amide bonds. The second-order valence-electron chi connectivity index (χ2n) is 6.46. The second-order valence-corrected chi connectivity index (χ2v) is 6.46. The van der Waals surface area contributed by atoms with E-state index in [-0.39, 0.29) is 40.9 Å². The molecule has 5 heteroatoms. The van der Waals surface area contributed by atoms with Gasteiger partial charge in [-0.3, -0.25) is 4.79 Å². The van der Waals surface area contributed by atoms with Crippen LogP contribution in [0.3, 0.4) is 0 Å². The van der Waals surface area contributed by atoms with Crippen molar-refractivity contribution in [2.75, 3.05) is 7.11 Å². The Labute approximate surface area is 150 Å². The summed E-state index contributed by atoms with van der Waals surface area (Å²) in [5.74, 6) is 0.116. The van der Waals surface area contributed by atoms with Gasteiger partial charge in [-0.05, 0) is 36.2 Å². The zero-order valence-corrected chi connectivity index (χ0v) is 14.2. The summed E-state index contributed by atoms with van der Waals surface area (Å²) >= 11 is 0. The zero-order valence-electron chi connectivity index (χ0n) is 14.2. The van der Waals surface area contributed by atoms with Gasteiger partial charge >= 0.3 is 0 Å². The molecule has 26 heavy (non-hydrogen) atoms. The number of benzene rings is 3. The fraction of sp³-hybridized carbons (Fsp3) is 0.190. The number of phenols is 3. The minimum atomic E-state index is -0.297. The van der Waals surface area contributed by atoms with E-state index in [2.05, 4.69) is 0 Å². The number of ether oxygens (including phenoxy) is 1. The molecule has 0 bridgehead atoms. The molecule has 5 nitrogen and oxygen atoms in total. The predicted octanol–water partition coefficient (Wildman–Crippen LogP) is 4.07. The first-order valence-corrected chi connectivity index (χ1v) is 8.39. The molecule has 0 saturated heterocycles. The number of aromatic hydroxyl groups is 3. The molecule has 3 N–H and O–H groups in total. The molecule has 0 aromatic heterocycles. The fourth-order valence-corrected chi connectivity index (χ4v) is 3.94. The topological polar surface area (TPSA) is 87.0 Å². The maximum Gasteiger partial charge on any atom is 0.167 e. The third kappa shape index (κ3) is 2.28. The van der Waals surface area contributed by atoms with Crippen molar-refractivity contribution in [2.24, 2.45) is 0 Å². The quantitative estimate of drug-likeness (QED) is 0.606. The molecule has 1 atom stereocenters. The summed E-state index contributed by atoms with van der Waals surface area (Å²) in [6, 6.07) is 11.5. The Bertz CT molecular complexity index is 1040. The van der Waals surface area contributed by atoms with Crippen molar-refractivity contribution in [3.05, 3.63) is 59.2 Å². The third-order valence-corrected chi connectivity index (χ3v) is 5.09. The van der Waals surface area contributed by atoms with Gasteiger partial charge in [-0.15, -0.1) is 0 Å². The van der Waals surface area contributed by atoms with Crippen LogP contribution in [-0.4, -0.2) is 28.2 Å². The lowest BCUT2D eigenvalue weighted by Crippen LogP contribution is -2.17. The monoisotopic (exact) mass is 350 g/mol. The largest absolute Gasteiger partial charge is 0.508 e. The molecule has 3 aromatic rings. The SMILES string of the molecule is COc1cccc2c(O)ccc([C@H]3CCC(=O)c4c(O)ccc(O)c43)c12. The predicted molar refractivity (Wildman–Crippen MR) is 97.3 cm³/mol. The molecule has 0 spiro atoms. The van der Waals surface area contributed by atoms with Crippen LogP contribution in [0.15, 0.2) is 42.5 Å². The van der Waals surface area contributed by atoms with E-state index in [9.17, 15) is 20.1 Å². The normalized spacial score (nSPS) is 16.5. The summed E-state index contributed by atoms with van der Waals surface area (Å²) < 4.78 is 5.49. The Kier molecular flexibility index (Phi) is 3.72. The summed E-state index contributed by atoms with van der Waals surface area (Å²) in [6.45, 7) is 0. The number of methoxy groups -OCH3 is 1. The molecule has 0 aliphatic heterocycles. The molecule has 0 fully saturated rings. The molecule has 0 heterocycles. The van der Waals surface area contributed by atoms with E-state index in [1.807, 2.05) is 6.07 Å². The lowest BCUT2D eigenvalue weighted by molar-refractivity contribution is 0.0965. The van der Waals surface area contributed by atoms with Crippen molar-refractivity contribution in [2.45, 2.75) is 18.8 Å². The highest BCUT2D eigenvalue weighted by atomic mass is 16.5. The number of carbonyl (C=O) groups is 1. The van der Waals surface area contributed by atoms with Gasteiger partial charge in [0.1, 0.15) is 23.0 Å². The number of fused-ring (bicyclic) bond motifs is 2. The van der Waals surface area contributed by atoms with Crippen molar-refractivity contribution < 1.29 is 24.9 Å². The van der Waals surface area contributed by atoms with E-state index < -0.39 is 0 Å². The smallest absolute Gasteiger partial charge is 0.167 e. The molecule has 0 saturated carbocycles. The Hall–Kier alpha value is -3.21. The molecule has 1 aliphatic carbocycles. The standard InChI is InChI=1S/C21H18O5/c1-26-18-4-2-3-13-14(22)7-5-11(19(13)18)12-6-8-16(24)21-17(25)10-9-15(23)20(12)21/h2-5,7,9-10,12,22-23,25H,6,8H2,1H3/t12-/m1/s1. The van der Waals surface area contributed by atoms with Crippen LogP contribution in [-0.2, 0) is 0 Å². The van der Waals surface area contributed by atoms with Gasteiger partial charge in [0.25, 0.3) is 0 Å². The lowest BCUT2D eigenvalue weighted by Gasteiger charge is -2.28. The number of hydrogen-bond acceptors (Lipinski definition) is 5. The summed E-state index contributed by atoms with van der Waals surface area (Å²) in [7, 11) is 1.56. The molecule has 132 valence electrons. The van der Waals surface area contributed by atoms with Gasteiger partial charge in [-0.25, -0.2) is 0 Å². The van der Waals surface area contributed by atoms with Gasteiger partial charge in [0.2, 0.25) is 0 Å². The van der Waals surface area contributed by atoms with Crippen LogP contribution in [0.2, 0.25) is 0 Å². The third-order valence-electron chi connectivity index (χ3n) is 5.09. The summed E-state index contributed by atoms with van der Waals surface area (Å²) in [6.07, 6.45) is 0.771. The minimum absolute atomic E-state index is 0.0213. The molecule has 0 unspecified atom stereocenters. The maximum atomic E-state index is 12.3. The zero-order chi connectivity index (χ0) is 18.4. The molecule has 4 rings (SSSR count). The van der Waals surface area contributed by atoms with Crippen molar-refractivity contribution in [3.63, 3.8) is 0 Å². The Morgan fingerprint density at radius 3 is 2.46 bits per heavy atom. The Balaban J connectivity index is 2.05. The molecule has 3 aromatic carbocycles. The van der Waals surface area contributed by atoms with E-state index in [4.69, 9.17) is 4.74 Å². The maximum absolute atomic E-state index is 12.3. The lowest BCUT2D eigenvalue weighted by atomic mass is 9.76. The van der Waals surface area contributed by atoms with Gasteiger partial charge in [-0.2, -0.15) is 0 Å². The molecule has 0 radical (unpaired) electrons. The molecular weight excluding hydrogens is 332 g/mol. The van der Waals surface area contributed by atoms with Gasteiger partial charge < -0.3 is 20.1 Å². The highest BCUT2D eigenvalue weighted by Crippen LogP contribution is 2.48. The van der Waals surface area contributed by atoms with Crippen molar-refractivity contribution >= 4 is 16.6 Å². The minimum Gasteiger partial charge on any atom is -0.508 e. The van der Waals surface area contributed by atoms with Gasteiger partial charge in [0.15, 0.2) is 5.78 Å². The van der Waals surface area contributed by atoms with E-state index in [1.165, 1.54) is 12.1 Å². The van der Waals surface area contributed by atoms with E-state index in [0.717, 1.165) is 10.9 Å². The molecule has 1 aliphatic rings.